The molecule has 1 atom stereocenters. The molecule has 0 amide bonds. The van der Waals surface area contributed by atoms with E-state index < -0.39 is 6.10 Å². The van der Waals surface area contributed by atoms with Gasteiger partial charge in [0.2, 0.25) is 0 Å². The molecule has 1 aromatic carbocycles. The van der Waals surface area contributed by atoms with Gasteiger partial charge in [0.05, 0.1) is 0 Å². The summed E-state index contributed by atoms with van der Waals surface area (Å²) in [6, 6.07) is 9.71. The Morgan fingerprint density at radius 2 is 1.86 bits per heavy atom. The molecule has 1 aliphatic heterocycles. The Balaban J connectivity index is 1.51. The van der Waals surface area contributed by atoms with Gasteiger partial charge < -0.3 is 9.84 Å². The average molecular weight is 303 g/mol. The fourth-order valence-corrected chi connectivity index (χ4v) is 3.35. The fraction of sp³-hybridized carbons (Fsp3) is 0.412. The number of hydrogen-bond donors (Lipinski definition) is 1. The van der Waals surface area contributed by atoms with E-state index in [0.717, 1.165) is 30.0 Å². The zero-order valence-corrected chi connectivity index (χ0v) is 12.9. The van der Waals surface area contributed by atoms with Crippen LogP contribution in [0, 0.1) is 0 Å². The molecule has 21 heavy (non-hydrogen) atoms. The highest BCUT2D eigenvalue weighted by Gasteiger charge is 2.12. The number of nitrogens with zero attached hydrogens (tertiary/aromatic N) is 1. The van der Waals surface area contributed by atoms with Gasteiger partial charge in [-0.15, -0.1) is 0 Å². The van der Waals surface area contributed by atoms with Crippen LogP contribution in [-0.2, 0) is 0 Å². The van der Waals surface area contributed by atoms with Crippen molar-refractivity contribution in [2.24, 2.45) is 0 Å². The van der Waals surface area contributed by atoms with Gasteiger partial charge in [-0.05, 0) is 66.0 Å². The summed E-state index contributed by atoms with van der Waals surface area (Å²) in [6.07, 6.45) is 2.08. The largest absolute Gasteiger partial charge is 0.492 e. The van der Waals surface area contributed by atoms with Crippen molar-refractivity contribution in [3.63, 3.8) is 0 Å². The summed E-state index contributed by atoms with van der Waals surface area (Å²) in [7, 11) is 0. The molecule has 0 bridgehead atoms. The molecule has 3 nitrogen and oxygen atoms in total. The van der Waals surface area contributed by atoms with Crippen LogP contribution >= 0.6 is 11.3 Å². The third kappa shape index (κ3) is 3.84. The molecular formula is C17H21NO2S. The zero-order valence-electron chi connectivity index (χ0n) is 12.1. The van der Waals surface area contributed by atoms with Crippen LogP contribution in [0.3, 0.4) is 0 Å². The summed E-state index contributed by atoms with van der Waals surface area (Å²) in [5.41, 5.74) is 1.85. The lowest BCUT2D eigenvalue weighted by Gasteiger charge is -2.15. The highest BCUT2D eigenvalue weighted by molar-refractivity contribution is 7.07. The molecule has 4 heteroatoms. The number of thiophene rings is 1. The normalized spacial score (nSPS) is 17.0. The minimum atomic E-state index is -0.546. The number of aliphatic hydroxyl groups excluding tert-OH is 1. The lowest BCUT2D eigenvalue weighted by Crippen LogP contribution is -2.25. The molecule has 1 aromatic heterocycles. The molecule has 1 unspecified atom stereocenters. The predicted octanol–water partition coefficient (Wildman–Crippen LogP) is 3.30. The van der Waals surface area contributed by atoms with E-state index in [-0.39, 0.29) is 0 Å². The van der Waals surface area contributed by atoms with Crippen molar-refractivity contribution >= 4 is 11.3 Å². The number of rotatable bonds is 6. The molecule has 2 aromatic rings. The predicted molar refractivity (Wildman–Crippen MR) is 86.0 cm³/mol. The van der Waals surface area contributed by atoms with Crippen LogP contribution in [-0.4, -0.2) is 36.2 Å². The summed E-state index contributed by atoms with van der Waals surface area (Å²) in [5.74, 6) is 0.871. The quantitative estimate of drug-likeness (QED) is 0.889. The average Bonchev–Trinajstić information content (AvgIpc) is 3.21. The second-order valence-corrected chi connectivity index (χ2v) is 6.21. The molecule has 1 aliphatic rings. The van der Waals surface area contributed by atoms with E-state index in [1.54, 1.807) is 11.3 Å². The molecule has 1 saturated heterocycles. The Bertz CT molecular complexity index is 532. The van der Waals surface area contributed by atoms with Crippen molar-refractivity contribution in [3.8, 4) is 5.75 Å². The number of benzene rings is 1. The van der Waals surface area contributed by atoms with Crippen LogP contribution in [0.5, 0.6) is 5.75 Å². The molecule has 1 fully saturated rings. The van der Waals surface area contributed by atoms with Crippen LogP contribution < -0.4 is 4.74 Å². The van der Waals surface area contributed by atoms with Crippen molar-refractivity contribution in [3.05, 3.63) is 52.2 Å². The van der Waals surface area contributed by atoms with Crippen LogP contribution in [0.25, 0.3) is 0 Å². The highest BCUT2D eigenvalue weighted by Crippen LogP contribution is 2.25. The standard InChI is InChI=1S/C17H21NO2S/c19-17(15-7-12-21-13-15)14-3-5-16(6-4-14)20-11-10-18-8-1-2-9-18/h3-7,12-13,17,19H,1-2,8-11H2. The molecule has 0 spiro atoms. The Labute approximate surface area is 129 Å². The van der Waals surface area contributed by atoms with Crippen LogP contribution in [0.1, 0.15) is 30.1 Å². The Kier molecular flexibility index (Phi) is 4.91. The van der Waals surface area contributed by atoms with Gasteiger partial charge in [0.25, 0.3) is 0 Å². The molecule has 1 N–H and O–H groups in total. The number of likely N-dealkylation sites (tertiary alicyclic amines) is 1. The highest BCUT2D eigenvalue weighted by atomic mass is 32.1. The Hall–Kier alpha value is -1.36. The molecule has 0 saturated carbocycles. The van der Waals surface area contributed by atoms with Crippen LogP contribution in [0.4, 0.5) is 0 Å². The van der Waals surface area contributed by atoms with E-state index in [0.29, 0.717) is 0 Å². The molecule has 0 radical (unpaired) electrons. The second-order valence-electron chi connectivity index (χ2n) is 5.43. The van der Waals surface area contributed by atoms with Crippen molar-refractivity contribution < 1.29 is 9.84 Å². The molecule has 3 rings (SSSR count). The maximum atomic E-state index is 10.3. The Morgan fingerprint density at radius 1 is 1.10 bits per heavy atom. The maximum absolute atomic E-state index is 10.3. The van der Waals surface area contributed by atoms with E-state index in [1.807, 2.05) is 41.1 Å². The topological polar surface area (TPSA) is 32.7 Å². The minimum Gasteiger partial charge on any atom is -0.492 e. The van der Waals surface area contributed by atoms with Crippen molar-refractivity contribution in [1.29, 1.82) is 0 Å². The molecule has 2 heterocycles. The first-order chi connectivity index (χ1) is 10.3. The van der Waals surface area contributed by atoms with E-state index >= 15 is 0 Å². The summed E-state index contributed by atoms with van der Waals surface area (Å²) >= 11 is 1.60. The van der Waals surface area contributed by atoms with E-state index in [1.165, 1.54) is 25.9 Å². The summed E-state index contributed by atoms with van der Waals surface area (Å²) in [4.78, 5) is 2.44. The summed E-state index contributed by atoms with van der Waals surface area (Å²) < 4.78 is 5.77. The lowest BCUT2D eigenvalue weighted by atomic mass is 10.0. The third-order valence-electron chi connectivity index (χ3n) is 3.93. The molecule has 112 valence electrons. The van der Waals surface area contributed by atoms with Crippen LogP contribution in [0.15, 0.2) is 41.1 Å². The van der Waals surface area contributed by atoms with Gasteiger partial charge in [-0.25, -0.2) is 0 Å². The minimum absolute atomic E-state index is 0.546. The first kappa shape index (κ1) is 14.6. The first-order valence-electron chi connectivity index (χ1n) is 7.48. The van der Waals surface area contributed by atoms with E-state index in [4.69, 9.17) is 4.74 Å². The van der Waals surface area contributed by atoms with Crippen molar-refractivity contribution in [2.75, 3.05) is 26.2 Å². The van der Waals surface area contributed by atoms with Gasteiger partial charge in [0.1, 0.15) is 18.5 Å². The Morgan fingerprint density at radius 3 is 2.52 bits per heavy atom. The SMILES string of the molecule is OC(c1ccc(OCCN2CCCC2)cc1)c1ccsc1. The monoisotopic (exact) mass is 303 g/mol. The third-order valence-corrected chi connectivity index (χ3v) is 4.63. The first-order valence-corrected chi connectivity index (χ1v) is 8.42. The van der Waals surface area contributed by atoms with Gasteiger partial charge in [-0.3, -0.25) is 4.90 Å². The number of ether oxygens (including phenoxy) is 1. The number of hydrogen-bond acceptors (Lipinski definition) is 4. The van der Waals surface area contributed by atoms with E-state index in [2.05, 4.69) is 4.90 Å². The summed E-state index contributed by atoms with van der Waals surface area (Å²) in [5, 5.41) is 14.2. The van der Waals surface area contributed by atoms with Gasteiger partial charge in [-0.1, -0.05) is 12.1 Å². The second kappa shape index (κ2) is 7.07. The lowest BCUT2D eigenvalue weighted by molar-refractivity contribution is 0.220. The molecule has 0 aliphatic carbocycles. The van der Waals surface area contributed by atoms with E-state index in [9.17, 15) is 5.11 Å². The van der Waals surface area contributed by atoms with Crippen molar-refractivity contribution in [2.45, 2.75) is 18.9 Å². The van der Waals surface area contributed by atoms with Gasteiger partial charge in [0.15, 0.2) is 0 Å². The van der Waals surface area contributed by atoms with Gasteiger partial charge >= 0.3 is 0 Å². The van der Waals surface area contributed by atoms with Gasteiger partial charge in [0, 0.05) is 6.54 Å². The zero-order chi connectivity index (χ0) is 14.5. The molecular weight excluding hydrogens is 282 g/mol. The fourth-order valence-electron chi connectivity index (χ4n) is 2.67. The van der Waals surface area contributed by atoms with Gasteiger partial charge in [-0.2, -0.15) is 11.3 Å². The maximum Gasteiger partial charge on any atom is 0.119 e. The smallest absolute Gasteiger partial charge is 0.119 e. The number of aliphatic hydroxyl groups is 1. The van der Waals surface area contributed by atoms with Crippen LogP contribution in [0.2, 0.25) is 0 Å². The summed E-state index contributed by atoms with van der Waals surface area (Å²) in [6.45, 7) is 4.13. The van der Waals surface area contributed by atoms with Crippen molar-refractivity contribution in [1.82, 2.24) is 4.90 Å².